The third-order valence-electron chi connectivity index (χ3n) is 2.55. The van der Waals surface area contributed by atoms with E-state index in [2.05, 4.69) is 10.3 Å². The van der Waals surface area contributed by atoms with Crippen molar-refractivity contribution in [1.29, 1.82) is 0 Å². The van der Waals surface area contributed by atoms with Crippen molar-refractivity contribution in [2.45, 2.75) is 45.3 Å². The second kappa shape index (κ2) is 5.52. The SMILES string of the molecule is Cn1cnc(C(C)(CC(=O)O)NC(=O)OC(C)(C)C)c1. The summed E-state index contributed by atoms with van der Waals surface area (Å²) in [6.07, 6.45) is 2.25. The van der Waals surface area contributed by atoms with Gasteiger partial charge in [0, 0.05) is 13.2 Å². The van der Waals surface area contributed by atoms with Crippen LogP contribution in [-0.2, 0) is 22.1 Å². The van der Waals surface area contributed by atoms with Crippen LogP contribution in [0.4, 0.5) is 4.79 Å². The predicted octanol–water partition coefficient (Wildman–Crippen LogP) is 1.63. The van der Waals surface area contributed by atoms with Crippen molar-refractivity contribution in [3.63, 3.8) is 0 Å². The Labute approximate surface area is 118 Å². The number of ether oxygens (including phenoxy) is 1. The maximum Gasteiger partial charge on any atom is 0.408 e. The number of aryl methyl sites for hydroxylation is 1. The number of nitrogens with zero attached hydrogens (tertiary/aromatic N) is 2. The van der Waals surface area contributed by atoms with Gasteiger partial charge < -0.3 is 19.7 Å². The molecule has 0 bridgehead atoms. The van der Waals surface area contributed by atoms with Crippen molar-refractivity contribution in [2.24, 2.45) is 7.05 Å². The number of hydrogen-bond acceptors (Lipinski definition) is 4. The number of carboxylic acids is 1. The van der Waals surface area contributed by atoms with Crippen molar-refractivity contribution in [3.05, 3.63) is 18.2 Å². The van der Waals surface area contributed by atoms with E-state index in [1.54, 1.807) is 51.8 Å². The van der Waals surface area contributed by atoms with Gasteiger partial charge in [0.15, 0.2) is 0 Å². The molecule has 1 aromatic heterocycles. The van der Waals surface area contributed by atoms with Crippen molar-refractivity contribution in [2.75, 3.05) is 0 Å². The van der Waals surface area contributed by atoms with Gasteiger partial charge in [-0.3, -0.25) is 4.79 Å². The molecule has 1 amide bonds. The molecular formula is C13H21N3O4. The zero-order chi connectivity index (χ0) is 15.6. The highest BCUT2D eigenvalue weighted by Gasteiger charge is 2.35. The molecule has 1 heterocycles. The molecule has 0 aliphatic rings. The molecule has 2 N–H and O–H groups in total. The maximum absolute atomic E-state index is 11.9. The van der Waals surface area contributed by atoms with Gasteiger partial charge in [-0.15, -0.1) is 0 Å². The first-order valence-electron chi connectivity index (χ1n) is 6.23. The number of aliphatic carboxylic acids is 1. The Morgan fingerprint density at radius 1 is 1.40 bits per heavy atom. The average Bonchev–Trinajstić information content (AvgIpc) is 2.60. The summed E-state index contributed by atoms with van der Waals surface area (Å²) in [7, 11) is 1.77. The van der Waals surface area contributed by atoms with Crippen LogP contribution in [0.1, 0.15) is 39.8 Å². The second-order valence-corrected chi connectivity index (χ2v) is 5.95. The van der Waals surface area contributed by atoms with E-state index in [1.807, 2.05) is 0 Å². The number of alkyl carbamates (subject to hydrolysis) is 1. The standard InChI is InChI=1S/C13H21N3O4/c1-12(2,3)20-11(19)15-13(4,6-10(17)18)9-7-16(5)8-14-9/h7-8H,6H2,1-5H3,(H,15,19)(H,17,18). The van der Waals surface area contributed by atoms with Gasteiger partial charge in [0.25, 0.3) is 0 Å². The van der Waals surface area contributed by atoms with E-state index in [-0.39, 0.29) is 6.42 Å². The molecule has 0 spiro atoms. The number of amides is 1. The minimum Gasteiger partial charge on any atom is -0.481 e. The summed E-state index contributed by atoms with van der Waals surface area (Å²) in [5, 5.41) is 11.6. The highest BCUT2D eigenvalue weighted by atomic mass is 16.6. The molecule has 0 radical (unpaired) electrons. The molecule has 20 heavy (non-hydrogen) atoms. The molecule has 0 aromatic carbocycles. The topological polar surface area (TPSA) is 93.5 Å². The van der Waals surface area contributed by atoms with Gasteiger partial charge in [-0.1, -0.05) is 0 Å². The molecular weight excluding hydrogens is 262 g/mol. The Balaban J connectivity index is 2.95. The van der Waals surface area contributed by atoms with Gasteiger partial charge in [-0.25, -0.2) is 9.78 Å². The summed E-state index contributed by atoms with van der Waals surface area (Å²) in [6, 6.07) is 0. The monoisotopic (exact) mass is 283 g/mol. The largest absolute Gasteiger partial charge is 0.481 e. The zero-order valence-electron chi connectivity index (χ0n) is 12.4. The van der Waals surface area contributed by atoms with E-state index in [1.165, 1.54) is 0 Å². The van der Waals surface area contributed by atoms with Crippen LogP contribution in [0.5, 0.6) is 0 Å². The van der Waals surface area contributed by atoms with E-state index in [0.717, 1.165) is 0 Å². The molecule has 1 aromatic rings. The van der Waals surface area contributed by atoms with Crippen molar-refractivity contribution < 1.29 is 19.4 Å². The number of carboxylic acid groups (broad SMARTS) is 1. The molecule has 112 valence electrons. The summed E-state index contributed by atoms with van der Waals surface area (Å²) < 4.78 is 6.85. The summed E-state index contributed by atoms with van der Waals surface area (Å²) in [5.74, 6) is -1.03. The molecule has 1 atom stereocenters. The first-order chi connectivity index (χ1) is 9.02. The normalized spacial score (nSPS) is 14.4. The lowest BCUT2D eigenvalue weighted by molar-refractivity contribution is -0.138. The number of carbonyl (C=O) groups excluding carboxylic acids is 1. The molecule has 0 saturated carbocycles. The first-order valence-corrected chi connectivity index (χ1v) is 6.23. The lowest BCUT2D eigenvalue weighted by Gasteiger charge is -2.29. The van der Waals surface area contributed by atoms with E-state index >= 15 is 0 Å². The second-order valence-electron chi connectivity index (χ2n) is 5.95. The number of carbonyl (C=O) groups is 2. The molecule has 7 nitrogen and oxygen atoms in total. The van der Waals surface area contributed by atoms with E-state index in [0.29, 0.717) is 5.69 Å². The number of nitrogens with one attached hydrogen (secondary N) is 1. The highest BCUT2D eigenvalue weighted by molar-refractivity contribution is 5.73. The fourth-order valence-electron chi connectivity index (χ4n) is 1.73. The third-order valence-corrected chi connectivity index (χ3v) is 2.55. The molecule has 0 aliphatic carbocycles. The van der Waals surface area contributed by atoms with E-state index < -0.39 is 23.2 Å². The average molecular weight is 283 g/mol. The van der Waals surface area contributed by atoms with Crippen LogP contribution in [0.15, 0.2) is 12.5 Å². The summed E-state index contributed by atoms with van der Waals surface area (Å²) in [4.78, 5) is 27.0. The minimum absolute atomic E-state index is 0.288. The molecule has 0 saturated heterocycles. The molecule has 1 rings (SSSR count). The first kappa shape index (κ1) is 16.0. The summed E-state index contributed by atoms with van der Waals surface area (Å²) in [6.45, 7) is 6.82. The number of hydrogen-bond donors (Lipinski definition) is 2. The quantitative estimate of drug-likeness (QED) is 0.876. The molecule has 7 heteroatoms. The number of rotatable bonds is 4. The predicted molar refractivity (Wildman–Crippen MR) is 72.2 cm³/mol. The van der Waals surface area contributed by atoms with Gasteiger partial charge in [0.2, 0.25) is 0 Å². The van der Waals surface area contributed by atoms with Crippen LogP contribution in [0.2, 0.25) is 0 Å². The van der Waals surface area contributed by atoms with Crippen LogP contribution in [0, 0.1) is 0 Å². The van der Waals surface area contributed by atoms with Crippen LogP contribution < -0.4 is 5.32 Å². The van der Waals surface area contributed by atoms with Gasteiger partial charge in [-0.05, 0) is 27.7 Å². The lowest BCUT2D eigenvalue weighted by Crippen LogP contribution is -2.47. The Kier molecular flexibility index (Phi) is 4.42. The Bertz CT molecular complexity index is 504. The van der Waals surface area contributed by atoms with Crippen molar-refractivity contribution >= 4 is 12.1 Å². The molecule has 0 fully saturated rings. The number of aromatic nitrogens is 2. The van der Waals surface area contributed by atoms with Crippen LogP contribution in [0.25, 0.3) is 0 Å². The Morgan fingerprint density at radius 2 is 2.00 bits per heavy atom. The summed E-state index contributed by atoms with van der Waals surface area (Å²) in [5.41, 5.74) is -1.32. The Hall–Kier alpha value is -2.05. The van der Waals surface area contributed by atoms with Crippen LogP contribution in [0.3, 0.4) is 0 Å². The lowest BCUT2D eigenvalue weighted by atomic mass is 9.94. The minimum atomic E-state index is -1.13. The summed E-state index contributed by atoms with van der Waals surface area (Å²) >= 11 is 0. The van der Waals surface area contributed by atoms with Crippen molar-refractivity contribution in [1.82, 2.24) is 14.9 Å². The fraction of sp³-hybridized carbons (Fsp3) is 0.615. The van der Waals surface area contributed by atoms with Gasteiger partial charge in [0.05, 0.1) is 24.0 Å². The third kappa shape index (κ3) is 4.56. The molecule has 0 aliphatic heterocycles. The fourth-order valence-corrected chi connectivity index (χ4v) is 1.73. The maximum atomic E-state index is 11.9. The number of imidazole rings is 1. The van der Waals surface area contributed by atoms with E-state index in [4.69, 9.17) is 9.84 Å². The van der Waals surface area contributed by atoms with Crippen LogP contribution >= 0.6 is 0 Å². The van der Waals surface area contributed by atoms with Gasteiger partial charge in [-0.2, -0.15) is 0 Å². The highest BCUT2D eigenvalue weighted by Crippen LogP contribution is 2.23. The zero-order valence-corrected chi connectivity index (χ0v) is 12.4. The van der Waals surface area contributed by atoms with Crippen molar-refractivity contribution in [3.8, 4) is 0 Å². The molecule has 1 unspecified atom stereocenters. The van der Waals surface area contributed by atoms with Gasteiger partial charge >= 0.3 is 12.1 Å². The smallest absolute Gasteiger partial charge is 0.408 e. The Morgan fingerprint density at radius 3 is 2.40 bits per heavy atom. The van der Waals surface area contributed by atoms with Crippen LogP contribution in [-0.4, -0.2) is 32.3 Å². The van der Waals surface area contributed by atoms with E-state index in [9.17, 15) is 9.59 Å². The van der Waals surface area contributed by atoms with Gasteiger partial charge in [0.1, 0.15) is 5.60 Å².